The van der Waals surface area contributed by atoms with Crippen molar-refractivity contribution in [2.24, 2.45) is 17.8 Å². The molecule has 0 aromatic carbocycles. The van der Waals surface area contributed by atoms with Crippen molar-refractivity contribution in [3.63, 3.8) is 0 Å². The van der Waals surface area contributed by atoms with E-state index in [4.69, 9.17) is 9.47 Å². The third kappa shape index (κ3) is 7.42. The standard InChI is InChI=1S/C22H38O3/c1-3-5-6-7-8-18-9-11-19(12-10-18)20-13-15-21(16-14-20)25-22(23)24-17-4-2/h15,18-20H,3-14,16-17H2,1-2H3. The summed E-state index contributed by atoms with van der Waals surface area (Å²) in [5.41, 5.74) is 0. The molecule has 0 bridgehead atoms. The van der Waals surface area contributed by atoms with E-state index in [1.807, 2.05) is 6.92 Å². The Morgan fingerprint density at radius 1 is 1.00 bits per heavy atom. The van der Waals surface area contributed by atoms with Crippen molar-refractivity contribution >= 4 is 6.16 Å². The van der Waals surface area contributed by atoms with E-state index in [0.29, 0.717) is 6.61 Å². The van der Waals surface area contributed by atoms with E-state index in [9.17, 15) is 4.79 Å². The van der Waals surface area contributed by atoms with Gasteiger partial charge in [0.25, 0.3) is 0 Å². The highest BCUT2D eigenvalue weighted by atomic mass is 16.7. The molecule has 0 aromatic heterocycles. The molecule has 0 saturated heterocycles. The molecule has 144 valence electrons. The van der Waals surface area contributed by atoms with Crippen molar-refractivity contribution in [1.29, 1.82) is 0 Å². The van der Waals surface area contributed by atoms with Crippen LogP contribution in [-0.2, 0) is 9.47 Å². The molecule has 0 aromatic rings. The van der Waals surface area contributed by atoms with Gasteiger partial charge in [0.2, 0.25) is 0 Å². The van der Waals surface area contributed by atoms with Crippen molar-refractivity contribution < 1.29 is 14.3 Å². The van der Waals surface area contributed by atoms with Gasteiger partial charge in [-0.05, 0) is 55.9 Å². The Bertz CT molecular complexity index is 407. The van der Waals surface area contributed by atoms with Crippen LogP contribution < -0.4 is 0 Å². The Morgan fingerprint density at radius 3 is 2.44 bits per heavy atom. The van der Waals surface area contributed by atoms with Crippen molar-refractivity contribution in [1.82, 2.24) is 0 Å². The molecule has 0 heterocycles. The number of hydrogen-bond donors (Lipinski definition) is 0. The predicted molar refractivity (Wildman–Crippen MR) is 102 cm³/mol. The number of unbranched alkanes of at least 4 members (excludes halogenated alkanes) is 3. The van der Waals surface area contributed by atoms with Gasteiger partial charge >= 0.3 is 6.16 Å². The van der Waals surface area contributed by atoms with Crippen LogP contribution in [0.1, 0.15) is 97.3 Å². The maximum absolute atomic E-state index is 11.5. The molecule has 2 aliphatic carbocycles. The van der Waals surface area contributed by atoms with E-state index in [-0.39, 0.29) is 0 Å². The third-order valence-electron chi connectivity index (χ3n) is 6.07. The smallest absolute Gasteiger partial charge is 0.434 e. The average Bonchev–Trinajstić information content (AvgIpc) is 2.65. The van der Waals surface area contributed by atoms with E-state index in [1.165, 1.54) is 64.2 Å². The van der Waals surface area contributed by atoms with E-state index in [1.54, 1.807) is 0 Å². The highest BCUT2D eigenvalue weighted by Gasteiger charge is 2.29. The number of ether oxygens (including phenoxy) is 2. The van der Waals surface area contributed by atoms with Crippen LogP contribution in [0.25, 0.3) is 0 Å². The van der Waals surface area contributed by atoms with Gasteiger partial charge in [-0.2, -0.15) is 0 Å². The summed E-state index contributed by atoms with van der Waals surface area (Å²) in [4.78, 5) is 11.5. The minimum atomic E-state index is -0.532. The molecule has 0 aliphatic heterocycles. The maximum atomic E-state index is 11.5. The molecule has 1 fully saturated rings. The lowest BCUT2D eigenvalue weighted by Crippen LogP contribution is -2.24. The van der Waals surface area contributed by atoms with Crippen LogP contribution in [0.2, 0.25) is 0 Å². The minimum Gasteiger partial charge on any atom is -0.434 e. The SMILES string of the molecule is CCCCCCC1CCC(C2CC=C(OC(=O)OCCC)CC2)CC1. The molecule has 0 spiro atoms. The maximum Gasteiger partial charge on any atom is 0.513 e. The topological polar surface area (TPSA) is 35.5 Å². The second-order valence-electron chi connectivity index (χ2n) is 8.04. The molecule has 2 rings (SSSR count). The summed E-state index contributed by atoms with van der Waals surface area (Å²) in [6, 6.07) is 0. The fraction of sp³-hybridized carbons (Fsp3) is 0.864. The van der Waals surface area contributed by atoms with Gasteiger partial charge < -0.3 is 9.47 Å². The van der Waals surface area contributed by atoms with Gasteiger partial charge in [0.05, 0.1) is 6.61 Å². The second-order valence-corrected chi connectivity index (χ2v) is 8.04. The van der Waals surface area contributed by atoms with Crippen LogP contribution in [0.3, 0.4) is 0 Å². The first kappa shape index (κ1) is 20.3. The van der Waals surface area contributed by atoms with E-state index in [2.05, 4.69) is 13.0 Å². The normalized spacial score (nSPS) is 26.8. The van der Waals surface area contributed by atoms with Gasteiger partial charge in [0.1, 0.15) is 5.76 Å². The number of allylic oxidation sites excluding steroid dienone is 2. The molecule has 25 heavy (non-hydrogen) atoms. The van der Waals surface area contributed by atoms with Crippen LogP contribution >= 0.6 is 0 Å². The number of hydrogen-bond acceptors (Lipinski definition) is 3. The number of carbonyl (C=O) groups is 1. The zero-order valence-electron chi connectivity index (χ0n) is 16.4. The Balaban J connectivity index is 1.63. The summed E-state index contributed by atoms with van der Waals surface area (Å²) in [5.74, 6) is 3.48. The molecule has 3 nitrogen and oxygen atoms in total. The van der Waals surface area contributed by atoms with Crippen LogP contribution in [0.4, 0.5) is 4.79 Å². The van der Waals surface area contributed by atoms with Gasteiger partial charge in [-0.25, -0.2) is 4.79 Å². The van der Waals surface area contributed by atoms with Crippen LogP contribution in [0.5, 0.6) is 0 Å². The third-order valence-corrected chi connectivity index (χ3v) is 6.07. The summed E-state index contributed by atoms with van der Waals surface area (Å²) in [6.07, 6.45) is 18.3. The monoisotopic (exact) mass is 350 g/mol. The highest BCUT2D eigenvalue weighted by molar-refractivity contribution is 5.61. The molecule has 1 saturated carbocycles. The first-order valence-electron chi connectivity index (χ1n) is 10.8. The van der Waals surface area contributed by atoms with Gasteiger partial charge in [-0.1, -0.05) is 58.8 Å². The van der Waals surface area contributed by atoms with Crippen LogP contribution in [-0.4, -0.2) is 12.8 Å². The Labute approximate surface area is 154 Å². The zero-order chi connectivity index (χ0) is 17.9. The van der Waals surface area contributed by atoms with E-state index < -0.39 is 6.16 Å². The molecular formula is C22H38O3. The second kappa shape index (κ2) is 11.6. The fourth-order valence-electron chi connectivity index (χ4n) is 4.48. The van der Waals surface area contributed by atoms with Crippen LogP contribution in [0.15, 0.2) is 11.8 Å². The molecule has 1 unspecified atom stereocenters. The van der Waals surface area contributed by atoms with Gasteiger partial charge in [-0.3, -0.25) is 0 Å². The average molecular weight is 351 g/mol. The zero-order valence-corrected chi connectivity index (χ0v) is 16.4. The quantitative estimate of drug-likeness (QED) is 0.331. The lowest BCUT2D eigenvalue weighted by atomic mass is 9.71. The van der Waals surface area contributed by atoms with E-state index in [0.717, 1.165) is 42.8 Å². The molecule has 2 aliphatic rings. The fourth-order valence-corrected chi connectivity index (χ4v) is 4.48. The Morgan fingerprint density at radius 2 is 1.80 bits per heavy atom. The van der Waals surface area contributed by atoms with Crippen LogP contribution in [0, 0.1) is 17.8 Å². The van der Waals surface area contributed by atoms with Gasteiger partial charge in [-0.15, -0.1) is 0 Å². The predicted octanol–water partition coefficient (Wildman–Crippen LogP) is 7.01. The molecule has 1 atom stereocenters. The largest absolute Gasteiger partial charge is 0.513 e. The van der Waals surface area contributed by atoms with Crippen molar-refractivity contribution in [2.45, 2.75) is 97.3 Å². The highest BCUT2D eigenvalue weighted by Crippen LogP contribution is 2.40. The first-order valence-corrected chi connectivity index (χ1v) is 10.8. The van der Waals surface area contributed by atoms with Crippen molar-refractivity contribution in [3.8, 4) is 0 Å². The molecule has 0 amide bonds. The van der Waals surface area contributed by atoms with E-state index >= 15 is 0 Å². The number of carbonyl (C=O) groups excluding carboxylic acids is 1. The van der Waals surface area contributed by atoms with Crippen molar-refractivity contribution in [2.75, 3.05) is 6.61 Å². The van der Waals surface area contributed by atoms with Gasteiger partial charge in [0, 0.05) is 6.42 Å². The Kier molecular flexibility index (Phi) is 9.42. The molecule has 0 radical (unpaired) electrons. The lowest BCUT2D eigenvalue weighted by molar-refractivity contribution is 0.0713. The summed E-state index contributed by atoms with van der Waals surface area (Å²) >= 11 is 0. The Hall–Kier alpha value is -0.990. The summed E-state index contributed by atoms with van der Waals surface area (Å²) in [6.45, 7) is 4.71. The summed E-state index contributed by atoms with van der Waals surface area (Å²) in [7, 11) is 0. The summed E-state index contributed by atoms with van der Waals surface area (Å²) < 4.78 is 10.3. The number of rotatable bonds is 9. The molecule has 3 heteroatoms. The van der Waals surface area contributed by atoms with Crippen molar-refractivity contribution in [3.05, 3.63) is 11.8 Å². The lowest BCUT2D eigenvalue weighted by Gasteiger charge is -2.35. The first-order chi connectivity index (χ1) is 12.2. The van der Waals surface area contributed by atoms with Gasteiger partial charge in [0.15, 0.2) is 0 Å². The minimum absolute atomic E-state index is 0.441. The molecule has 0 N–H and O–H groups in total. The summed E-state index contributed by atoms with van der Waals surface area (Å²) in [5, 5.41) is 0. The molecular weight excluding hydrogens is 312 g/mol.